The number of carbonyl (C=O) groups is 1. The fraction of sp³-hybridized carbons (Fsp3) is 0.786. The van der Waals surface area contributed by atoms with E-state index in [2.05, 4.69) is 20.8 Å². The van der Waals surface area contributed by atoms with Crippen LogP contribution in [0.3, 0.4) is 0 Å². The smallest absolute Gasteiger partial charge is 0.246 e. The van der Waals surface area contributed by atoms with E-state index < -0.39 is 0 Å². The average molecular weight is 221 g/mol. The predicted octanol–water partition coefficient (Wildman–Crippen LogP) is 2.85. The summed E-state index contributed by atoms with van der Waals surface area (Å²) in [5, 5.41) is 0. The molecule has 1 spiro atoms. The third kappa shape index (κ3) is 1.90. The van der Waals surface area contributed by atoms with Gasteiger partial charge in [0.15, 0.2) is 0 Å². The fourth-order valence-electron chi connectivity index (χ4n) is 3.02. The summed E-state index contributed by atoms with van der Waals surface area (Å²) in [6.45, 7) is 10.8. The first-order valence-corrected chi connectivity index (χ1v) is 6.28. The van der Waals surface area contributed by atoms with Gasteiger partial charge in [0.05, 0.1) is 0 Å². The quantitative estimate of drug-likeness (QED) is 0.623. The lowest BCUT2D eigenvalue weighted by molar-refractivity contribution is -0.156. The van der Waals surface area contributed by atoms with Crippen molar-refractivity contribution in [3.8, 4) is 0 Å². The van der Waals surface area contributed by atoms with E-state index in [9.17, 15) is 4.79 Å². The normalized spacial score (nSPS) is 24.6. The first kappa shape index (κ1) is 11.7. The number of rotatable bonds is 1. The van der Waals surface area contributed by atoms with Crippen molar-refractivity contribution in [3.63, 3.8) is 0 Å². The van der Waals surface area contributed by atoms with Crippen LogP contribution in [0.4, 0.5) is 0 Å². The van der Waals surface area contributed by atoms with Crippen molar-refractivity contribution >= 4 is 5.91 Å². The summed E-state index contributed by atoms with van der Waals surface area (Å²) in [5.41, 5.74) is 0.939. The minimum atomic E-state index is 0.187. The summed E-state index contributed by atoms with van der Waals surface area (Å²) < 4.78 is 0. The summed E-state index contributed by atoms with van der Waals surface area (Å²) in [5.74, 6) is 1.04. The number of hydrogen-bond donors (Lipinski definition) is 0. The van der Waals surface area contributed by atoms with Gasteiger partial charge in [-0.3, -0.25) is 4.79 Å². The molecule has 90 valence electrons. The molecule has 2 heteroatoms. The molecule has 1 saturated carbocycles. The van der Waals surface area contributed by atoms with E-state index in [1.807, 2.05) is 17.9 Å². The highest BCUT2D eigenvalue weighted by Crippen LogP contribution is 2.57. The van der Waals surface area contributed by atoms with Gasteiger partial charge in [0.2, 0.25) is 5.91 Å². The van der Waals surface area contributed by atoms with E-state index in [1.165, 1.54) is 12.8 Å². The van der Waals surface area contributed by atoms with E-state index in [1.54, 1.807) is 6.08 Å². The Bertz CT molecular complexity index is 310. The molecule has 1 heterocycles. The number of allylic oxidation sites excluding steroid dienone is 1. The Morgan fingerprint density at radius 1 is 1.31 bits per heavy atom. The van der Waals surface area contributed by atoms with Gasteiger partial charge in [-0.25, -0.2) is 0 Å². The molecule has 0 unspecified atom stereocenters. The van der Waals surface area contributed by atoms with Crippen molar-refractivity contribution in [1.82, 2.24) is 4.90 Å². The number of carbonyl (C=O) groups excluding carboxylic acids is 1. The third-order valence-corrected chi connectivity index (χ3v) is 4.26. The van der Waals surface area contributed by atoms with Crippen LogP contribution in [-0.2, 0) is 4.79 Å². The van der Waals surface area contributed by atoms with Crippen LogP contribution in [-0.4, -0.2) is 23.9 Å². The molecule has 0 atom stereocenters. The van der Waals surface area contributed by atoms with Crippen LogP contribution in [0.15, 0.2) is 12.2 Å². The molecular weight excluding hydrogens is 198 g/mol. The highest BCUT2D eigenvalue weighted by atomic mass is 16.2. The first-order valence-electron chi connectivity index (χ1n) is 6.28. The van der Waals surface area contributed by atoms with Crippen molar-refractivity contribution in [2.75, 3.05) is 13.1 Å². The van der Waals surface area contributed by atoms with Gasteiger partial charge >= 0.3 is 0 Å². The second kappa shape index (κ2) is 3.61. The molecule has 1 amide bonds. The summed E-state index contributed by atoms with van der Waals surface area (Å²) in [6, 6.07) is 0. The van der Waals surface area contributed by atoms with Gasteiger partial charge in [-0.2, -0.15) is 0 Å². The van der Waals surface area contributed by atoms with Crippen LogP contribution in [0, 0.1) is 16.7 Å². The topological polar surface area (TPSA) is 20.3 Å². The van der Waals surface area contributed by atoms with E-state index in [4.69, 9.17) is 0 Å². The van der Waals surface area contributed by atoms with Gasteiger partial charge in [-0.1, -0.05) is 26.8 Å². The second-order valence-electron chi connectivity index (χ2n) is 6.67. The van der Waals surface area contributed by atoms with Crippen LogP contribution in [0.2, 0.25) is 0 Å². The van der Waals surface area contributed by atoms with Crippen molar-refractivity contribution in [3.05, 3.63) is 12.2 Å². The molecule has 0 N–H and O–H groups in total. The fourth-order valence-corrected chi connectivity index (χ4v) is 3.02. The van der Waals surface area contributed by atoms with Crippen LogP contribution in [0.1, 0.15) is 40.5 Å². The lowest BCUT2D eigenvalue weighted by Gasteiger charge is -2.61. The van der Waals surface area contributed by atoms with Crippen molar-refractivity contribution in [2.45, 2.75) is 40.5 Å². The zero-order valence-corrected chi connectivity index (χ0v) is 10.9. The number of nitrogens with zero attached hydrogens (tertiary/aromatic N) is 1. The number of likely N-dealkylation sites (tertiary alicyclic amines) is 1. The van der Waals surface area contributed by atoms with Gasteiger partial charge in [-0.15, -0.1) is 0 Å². The SMILES string of the molecule is CC=CC(=O)N1CC2(CC(C(C)(C)C)C2)C1. The molecule has 2 fully saturated rings. The number of amides is 1. The molecule has 0 aromatic rings. The minimum absolute atomic E-state index is 0.187. The Morgan fingerprint density at radius 2 is 1.88 bits per heavy atom. The Hall–Kier alpha value is -0.790. The Balaban J connectivity index is 1.81. The molecule has 0 bridgehead atoms. The lowest BCUT2D eigenvalue weighted by Crippen LogP contribution is -2.64. The minimum Gasteiger partial charge on any atom is -0.338 e. The molecule has 2 aliphatic rings. The zero-order chi connectivity index (χ0) is 12.0. The molecule has 16 heavy (non-hydrogen) atoms. The molecular formula is C14H23NO. The highest BCUT2D eigenvalue weighted by molar-refractivity contribution is 5.88. The van der Waals surface area contributed by atoms with Crippen molar-refractivity contribution < 1.29 is 4.79 Å². The Labute approximate surface area is 98.7 Å². The molecule has 1 aliphatic heterocycles. The molecule has 1 aliphatic carbocycles. The van der Waals surface area contributed by atoms with Gasteiger partial charge in [0.25, 0.3) is 0 Å². The molecule has 1 saturated heterocycles. The molecule has 2 nitrogen and oxygen atoms in total. The van der Waals surface area contributed by atoms with Crippen LogP contribution in [0.5, 0.6) is 0 Å². The molecule has 2 rings (SSSR count). The van der Waals surface area contributed by atoms with Gasteiger partial charge < -0.3 is 4.90 Å². The van der Waals surface area contributed by atoms with E-state index in [-0.39, 0.29) is 5.91 Å². The largest absolute Gasteiger partial charge is 0.338 e. The lowest BCUT2D eigenvalue weighted by atomic mass is 9.52. The summed E-state index contributed by atoms with van der Waals surface area (Å²) in [6.07, 6.45) is 6.13. The van der Waals surface area contributed by atoms with Crippen LogP contribution < -0.4 is 0 Å². The van der Waals surface area contributed by atoms with Gasteiger partial charge in [0.1, 0.15) is 0 Å². The summed E-state index contributed by atoms with van der Waals surface area (Å²) in [4.78, 5) is 13.5. The predicted molar refractivity (Wildman–Crippen MR) is 66.0 cm³/mol. The zero-order valence-electron chi connectivity index (χ0n) is 10.9. The van der Waals surface area contributed by atoms with E-state index >= 15 is 0 Å². The van der Waals surface area contributed by atoms with Crippen LogP contribution >= 0.6 is 0 Å². The maximum Gasteiger partial charge on any atom is 0.246 e. The monoisotopic (exact) mass is 221 g/mol. The second-order valence-corrected chi connectivity index (χ2v) is 6.67. The Kier molecular flexibility index (Phi) is 2.64. The maximum absolute atomic E-state index is 11.6. The van der Waals surface area contributed by atoms with Gasteiger partial charge in [-0.05, 0) is 37.2 Å². The van der Waals surface area contributed by atoms with Crippen molar-refractivity contribution in [1.29, 1.82) is 0 Å². The Morgan fingerprint density at radius 3 is 2.31 bits per heavy atom. The average Bonchev–Trinajstić information content (AvgIpc) is 1.96. The summed E-state index contributed by atoms with van der Waals surface area (Å²) in [7, 11) is 0. The molecule has 0 aromatic heterocycles. The van der Waals surface area contributed by atoms with Crippen LogP contribution in [0.25, 0.3) is 0 Å². The standard InChI is InChI=1S/C14H23NO/c1-5-6-12(16)15-9-14(10-15)7-11(8-14)13(2,3)4/h5-6,11H,7-10H2,1-4H3. The van der Waals surface area contributed by atoms with E-state index in [0.717, 1.165) is 19.0 Å². The highest BCUT2D eigenvalue weighted by Gasteiger charge is 2.55. The van der Waals surface area contributed by atoms with E-state index in [0.29, 0.717) is 10.8 Å². The maximum atomic E-state index is 11.6. The van der Waals surface area contributed by atoms with Gasteiger partial charge in [0, 0.05) is 18.5 Å². The summed E-state index contributed by atoms with van der Waals surface area (Å²) >= 11 is 0. The first-order chi connectivity index (χ1) is 7.36. The third-order valence-electron chi connectivity index (χ3n) is 4.26. The molecule has 0 radical (unpaired) electrons. The molecule has 0 aromatic carbocycles. The van der Waals surface area contributed by atoms with Crippen molar-refractivity contribution in [2.24, 2.45) is 16.7 Å². The number of hydrogen-bond acceptors (Lipinski definition) is 1.